The second-order valence-electron chi connectivity index (χ2n) is 4.03. The van der Waals surface area contributed by atoms with Gasteiger partial charge in [-0.3, -0.25) is 5.10 Å². The summed E-state index contributed by atoms with van der Waals surface area (Å²) in [5, 5.41) is 6.50. The summed E-state index contributed by atoms with van der Waals surface area (Å²) in [6, 6.07) is 0. The minimum atomic E-state index is 0.296. The van der Waals surface area contributed by atoms with Gasteiger partial charge < -0.3 is 5.43 Å². The van der Waals surface area contributed by atoms with E-state index in [1.165, 1.54) is 6.33 Å². The number of rotatable bonds is 3. The molecule has 2 aromatic heterocycles. The number of aromatic nitrogens is 5. The second kappa shape index (κ2) is 4.46. The molecule has 0 aliphatic rings. The molecular formula is C10H15N7. The average molecular weight is 233 g/mol. The molecule has 0 aliphatic carbocycles. The van der Waals surface area contributed by atoms with Crippen molar-refractivity contribution in [1.29, 1.82) is 0 Å². The highest BCUT2D eigenvalue weighted by Crippen LogP contribution is 2.26. The van der Waals surface area contributed by atoms with Gasteiger partial charge in [0, 0.05) is 11.3 Å². The third-order valence-corrected chi connectivity index (χ3v) is 2.48. The topological polar surface area (TPSA) is 105 Å². The van der Waals surface area contributed by atoms with Gasteiger partial charge in [0.25, 0.3) is 0 Å². The van der Waals surface area contributed by atoms with Gasteiger partial charge in [-0.2, -0.15) is 5.10 Å². The van der Waals surface area contributed by atoms with Crippen molar-refractivity contribution in [1.82, 2.24) is 25.1 Å². The van der Waals surface area contributed by atoms with Crippen LogP contribution in [-0.2, 0) is 0 Å². The maximum Gasteiger partial charge on any atom is 0.199 e. The molecule has 0 spiro atoms. The van der Waals surface area contributed by atoms with E-state index in [4.69, 9.17) is 5.84 Å². The molecule has 17 heavy (non-hydrogen) atoms. The molecule has 0 radical (unpaired) electrons. The molecule has 7 heteroatoms. The lowest BCUT2D eigenvalue weighted by atomic mass is 10.0. The fourth-order valence-corrected chi connectivity index (χ4v) is 1.80. The third-order valence-electron chi connectivity index (χ3n) is 2.48. The molecule has 4 N–H and O–H groups in total. The molecule has 0 aromatic carbocycles. The summed E-state index contributed by atoms with van der Waals surface area (Å²) in [5.74, 6) is 7.42. The van der Waals surface area contributed by atoms with Gasteiger partial charge in [-0.1, -0.05) is 13.8 Å². The predicted molar refractivity (Wildman–Crippen MR) is 64.0 cm³/mol. The molecule has 0 saturated heterocycles. The zero-order valence-electron chi connectivity index (χ0n) is 10.0. The van der Waals surface area contributed by atoms with Gasteiger partial charge in [-0.25, -0.2) is 20.8 Å². The van der Waals surface area contributed by atoms with Crippen LogP contribution in [0.25, 0.3) is 11.6 Å². The fourth-order valence-electron chi connectivity index (χ4n) is 1.80. The number of hydrogen-bond donors (Lipinski definition) is 3. The van der Waals surface area contributed by atoms with E-state index in [-0.39, 0.29) is 0 Å². The van der Waals surface area contributed by atoms with E-state index in [1.54, 1.807) is 0 Å². The molecule has 2 rings (SSSR count). The Kier molecular flexibility index (Phi) is 3.01. The lowest BCUT2D eigenvalue weighted by Gasteiger charge is -2.14. The Hall–Kier alpha value is -2.02. The molecule has 0 unspecified atom stereocenters. The maximum absolute atomic E-state index is 5.49. The SMILES string of the molecule is Cc1nc(-c2ncn[nH]2)nc(NN)c1C(C)C. The summed E-state index contributed by atoms with van der Waals surface area (Å²) in [4.78, 5) is 12.8. The van der Waals surface area contributed by atoms with Gasteiger partial charge in [0.15, 0.2) is 11.6 Å². The standard InChI is InChI=1S/C10H15N7/c1-5(2)7-6(3)14-10(15-8(7)16-11)9-12-4-13-17-9/h4-5H,11H2,1-3H3,(H,12,13,17)(H,14,15,16). The first-order valence-corrected chi connectivity index (χ1v) is 5.34. The molecule has 0 bridgehead atoms. The molecule has 7 nitrogen and oxygen atoms in total. The number of nitrogens with one attached hydrogen (secondary N) is 2. The van der Waals surface area contributed by atoms with E-state index in [0.717, 1.165) is 11.3 Å². The highest BCUT2D eigenvalue weighted by Gasteiger charge is 2.15. The number of aromatic amines is 1. The van der Waals surface area contributed by atoms with Crippen molar-refractivity contribution >= 4 is 5.82 Å². The predicted octanol–water partition coefficient (Wildman–Crippen LogP) is 0.979. The summed E-state index contributed by atoms with van der Waals surface area (Å²) >= 11 is 0. The Morgan fingerprint density at radius 2 is 2.12 bits per heavy atom. The summed E-state index contributed by atoms with van der Waals surface area (Å²) in [7, 11) is 0. The smallest absolute Gasteiger partial charge is 0.199 e. The Balaban J connectivity index is 2.56. The summed E-state index contributed by atoms with van der Waals surface area (Å²) in [5.41, 5.74) is 4.50. The molecule has 0 fully saturated rings. The Labute approximate surface area is 98.9 Å². The van der Waals surface area contributed by atoms with Gasteiger partial charge in [0.2, 0.25) is 0 Å². The van der Waals surface area contributed by atoms with E-state index in [0.29, 0.717) is 23.4 Å². The molecule has 0 aliphatic heterocycles. The van der Waals surface area contributed by atoms with E-state index < -0.39 is 0 Å². The largest absolute Gasteiger partial charge is 0.308 e. The zero-order valence-corrected chi connectivity index (χ0v) is 10.0. The number of aryl methyl sites for hydroxylation is 1. The molecular weight excluding hydrogens is 218 g/mol. The first-order valence-electron chi connectivity index (χ1n) is 5.34. The minimum Gasteiger partial charge on any atom is -0.308 e. The van der Waals surface area contributed by atoms with E-state index in [1.807, 2.05) is 6.92 Å². The molecule has 2 heterocycles. The first kappa shape index (κ1) is 11.5. The average Bonchev–Trinajstić information content (AvgIpc) is 2.80. The second-order valence-corrected chi connectivity index (χ2v) is 4.03. The number of H-pyrrole nitrogens is 1. The van der Waals surface area contributed by atoms with Crippen molar-refractivity contribution in [2.45, 2.75) is 26.7 Å². The van der Waals surface area contributed by atoms with Gasteiger partial charge in [0.05, 0.1) is 0 Å². The fraction of sp³-hybridized carbons (Fsp3) is 0.400. The van der Waals surface area contributed by atoms with Gasteiger partial charge >= 0.3 is 0 Å². The van der Waals surface area contributed by atoms with Crippen LogP contribution in [0.5, 0.6) is 0 Å². The lowest BCUT2D eigenvalue weighted by Crippen LogP contribution is -2.14. The van der Waals surface area contributed by atoms with Gasteiger partial charge in [-0.05, 0) is 12.8 Å². The summed E-state index contributed by atoms with van der Waals surface area (Å²) in [6.45, 7) is 6.07. The van der Waals surface area contributed by atoms with Crippen molar-refractivity contribution < 1.29 is 0 Å². The van der Waals surface area contributed by atoms with Crippen molar-refractivity contribution in [3.63, 3.8) is 0 Å². The third kappa shape index (κ3) is 2.09. The van der Waals surface area contributed by atoms with Gasteiger partial charge in [0.1, 0.15) is 12.1 Å². The van der Waals surface area contributed by atoms with Gasteiger partial charge in [-0.15, -0.1) is 0 Å². The lowest BCUT2D eigenvalue weighted by molar-refractivity contribution is 0.830. The van der Waals surface area contributed by atoms with Crippen molar-refractivity contribution in [3.05, 3.63) is 17.6 Å². The van der Waals surface area contributed by atoms with Crippen LogP contribution in [-0.4, -0.2) is 25.1 Å². The number of hydrogen-bond acceptors (Lipinski definition) is 6. The molecule has 0 saturated carbocycles. The van der Waals surface area contributed by atoms with Crippen LogP contribution in [0.2, 0.25) is 0 Å². The number of anilines is 1. The zero-order chi connectivity index (χ0) is 12.4. The number of nitrogen functional groups attached to an aromatic ring is 1. The maximum atomic E-state index is 5.49. The van der Waals surface area contributed by atoms with Crippen LogP contribution in [0.15, 0.2) is 6.33 Å². The number of hydrazine groups is 1. The van der Waals surface area contributed by atoms with Crippen LogP contribution in [0.3, 0.4) is 0 Å². The highest BCUT2D eigenvalue weighted by molar-refractivity contribution is 5.54. The van der Waals surface area contributed by atoms with Crippen LogP contribution in [0.4, 0.5) is 5.82 Å². The van der Waals surface area contributed by atoms with Crippen molar-refractivity contribution in [2.75, 3.05) is 5.43 Å². The number of nitrogens with zero attached hydrogens (tertiary/aromatic N) is 4. The highest BCUT2D eigenvalue weighted by atomic mass is 15.3. The molecule has 0 amide bonds. The first-order chi connectivity index (χ1) is 8.13. The minimum absolute atomic E-state index is 0.296. The Morgan fingerprint density at radius 3 is 2.65 bits per heavy atom. The molecule has 2 aromatic rings. The van der Waals surface area contributed by atoms with Crippen molar-refractivity contribution in [3.8, 4) is 11.6 Å². The summed E-state index contributed by atoms with van der Waals surface area (Å²) in [6.07, 6.45) is 1.42. The number of nitrogens with two attached hydrogens (primary N) is 1. The monoisotopic (exact) mass is 233 g/mol. The summed E-state index contributed by atoms with van der Waals surface area (Å²) < 4.78 is 0. The molecule has 90 valence electrons. The Bertz CT molecular complexity index is 504. The van der Waals surface area contributed by atoms with E-state index in [9.17, 15) is 0 Å². The van der Waals surface area contributed by atoms with Crippen LogP contribution >= 0.6 is 0 Å². The quantitative estimate of drug-likeness (QED) is 0.539. The van der Waals surface area contributed by atoms with Crippen LogP contribution in [0.1, 0.15) is 31.0 Å². The molecule has 0 atom stereocenters. The normalized spacial score (nSPS) is 10.9. The van der Waals surface area contributed by atoms with Crippen molar-refractivity contribution in [2.24, 2.45) is 5.84 Å². The van der Waals surface area contributed by atoms with Crippen LogP contribution in [0, 0.1) is 6.92 Å². The Morgan fingerprint density at radius 1 is 1.35 bits per heavy atom. The van der Waals surface area contributed by atoms with E-state index in [2.05, 4.69) is 44.4 Å². The van der Waals surface area contributed by atoms with Crippen LogP contribution < -0.4 is 11.3 Å². The van der Waals surface area contributed by atoms with E-state index >= 15 is 0 Å².